The van der Waals surface area contributed by atoms with Crippen molar-refractivity contribution in [3.63, 3.8) is 0 Å². The molecule has 0 atom stereocenters. The van der Waals surface area contributed by atoms with Gasteiger partial charge in [0.15, 0.2) is 0 Å². The average Bonchev–Trinajstić information content (AvgIpc) is 2.04. The quantitative estimate of drug-likeness (QED) is 0.303. The van der Waals surface area contributed by atoms with Gasteiger partial charge in [-0.1, -0.05) is 28.1 Å². The molecule has 0 saturated carbocycles. The first-order chi connectivity index (χ1) is 5.31. The Morgan fingerprint density at radius 1 is 1.55 bits per heavy atom. The van der Waals surface area contributed by atoms with E-state index in [1.54, 1.807) is 0 Å². The Balaban J connectivity index is 3.14. The zero-order chi connectivity index (χ0) is 8.53. The number of carbonyl (C=O) groups is 1. The maximum absolute atomic E-state index is 10.5. The summed E-state index contributed by atoms with van der Waals surface area (Å²) in [4.78, 5) is 10.5. The van der Waals surface area contributed by atoms with Crippen LogP contribution in [-0.2, 0) is 14.3 Å². The van der Waals surface area contributed by atoms with E-state index in [2.05, 4.69) is 20.7 Å². The van der Waals surface area contributed by atoms with E-state index < -0.39 is 0 Å². The Kier molecular flexibility index (Phi) is 7.51. The van der Waals surface area contributed by atoms with E-state index in [1.165, 1.54) is 7.11 Å². The van der Waals surface area contributed by atoms with Crippen LogP contribution in [0.3, 0.4) is 0 Å². The van der Waals surface area contributed by atoms with E-state index in [1.807, 2.05) is 12.2 Å². The van der Waals surface area contributed by atoms with E-state index in [0.29, 0.717) is 6.61 Å². The van der Waals surface area contributed by atoms with Gasteiger partial charge in [-0.15, -0.1) is 0 Å². The van der Waals surface area contributed by atoms with Crippen molar-refractivity contribution in [1.82, 2.24) is 0 Å². The summed E-state index contributed by atoms with van der Waals surface area (Å²) < 4.78 is 9.27. The third-order valence-electron chi connectivity index (χ3n) is 0.917. The summed E-state index contributed by atoms with van der Waals surface area (Å²) >= 11 is 3.21. The molecule has 0 rings (SSSR count). The van der Waals surface area contributed by atoms with Crippen molar-refractivity contribution in [3.8, 4) is 0 Å². The van der Waals surface area contributed by atoms with Crippen molar-refractivity contribution in [3.05, 3.63) is 12.2 Å². The zero-order valence-electron chi connectivity index (χ0n) is 6.38. The first-order valence-electron chi connectivity index (χ1n) is 3.16. The molecule has 0 fully saturated rings. The molecule has 0 bridgehead atoms. The van der Waals surface area contributed by atoms with E-state index in [-0.39, 0.29) is 12.6 Å². The first-order valence-corrected chi connectivity index (χ1v) is 4.29. The molecule has 0 radical (unpaired) electrons. The van der Waals surface area contributed by atoms with Gasteiger partial charge < -0.3 is 9.47 Å². The lowest BCUT2D eigenvalue weighted by atomic mass is 10.5. The van der Waals surface area contributed by atoms with Gasteiger partial charge in [0, 0.05) is 5.33 Å². The summed E-state index contributed by atoms with van der Waals surface area (Å²) in [6, 6.07) is 0. The average molecular weight is 223 g/mol. The van der Waals surface area contributed by atoms with Gasteiger partial charge in [-0.05, 0) is 0 Å². The van der Waals surface area contributed by atoms with Crippen molar-refractivity contribution in [2.45, 2.75) is 0 Å². The van der Waals surface area contributed by atoms with E-state index in [9.17, 15) is 4.79 Å². The molecule has 4 heteroatoms. The molecule has 0 aliphatic carbocycles. The molecule has 0 heterocycles. The molecule has 0 aromatic heterocycles. The molecule has 0 spiro atoms. The van der Waals surface area contributed by atoms with Crippen LogP contribution in [0.4, 0.5) is 0 Å². The van der Waals surface area contributed by atoms with Gasteiger partial charge in [-0.25, -0.2) is 4.79 Å². The molecular formula is C7H11BrO3. The van der Waals surface area contributed by atoms with Crippen LogP contribution in [0.2, 0.25) is 0 Å². The predicted octanol–water partition coefficient (Wildman–Crippen LogP) is 1.13. The van der Waals surface area contributed by atoms with Crippen molar-refractivity contribution in [2.24, 2.45) is 0 Å². The maximum atomic E-state index is 10.5. The maximum Gasteiger partial charge on any atom is 0.331 e. The van der Waals surface area contributed by atoms with Crippen molar-refractivity contribution >= 4 is 21.9 Å². The minimum absolute atomic E-state index is 0.0170. The number of ether oxygens (including phenoxy) is 2. The highest BCUT2D eigenvalue weighted by Gasteiger charge is 1.96. The van der Waals surface area contributed by atoms with Crippen LogP contribution in [0.15, 0.2) is 12.2 Å². The summed E-state index contributed by atoms with van der Waals surface area (Å²) in [5.41, 5.74) is 0. The number of hydrogen-bond acceptors (Lipinski definition) is 3. The topological polar surface area (TPSA) is 35.5 Å². The van der Waals surface area contributed by atoms with Gasteiger partial charge in [-0.3, -0.25) is 0 Å². The highest BCUT2D eigenvalue weighted by Crippen LogP contribution is 1.83. The Labute approximate surface area is 74.5 Å². The molecule has 0 N–H and O–H groups in total. The lowest BCUT2D eigenvalue weighted by Gasteiger charge is -1.97. The smallest absolute Gasteiger partial charge is 0.331 e. The third-order valence-corrected chi connectivity index (χ3v) is 1.29. The zero-order valence-corrected chi connectivity index (χ0v) is 7.96. The normalized spacial score (nSPS) is 10.4. The largest absolute Gasteiger partial charge is 0.467 e. The Morgan fingerprint density at radius 3 is 2.82 bits per heavy atom. The minimum atomic E-state index is -0.350. The number of alkyl halides is 1. The number of hydrogen-bond donors (Lipinski definition) is 0. The number of halogens is 1. The third kappa shape index (κ3) is 7.55. The first kappa shape index (κ1) is 10.7. The Morgan fingerprint density at radius 2 is 2.27 bits per heavy atom. The van der Waals surface area contributed by atoms with E-state index in [4.69, 9.17) is 4.74 Å². The van der Waals surface area contributed by atoms with Gasteiger partial charge in [0.2, 0.25) is 0 Å². The van der Waals surface area contributed by atoms with Crippen LogP contribution in [-0.4, -0.2) is 31.6 Å². The summed E-state index contributed by atoms with van der Waals surface area (Å²) in [7, 11) is 1.33. The molecule has 0 unspecified atom stereocenters. The van der Waals surface area contributed by atoms with Crippen molar-refractivity contribution < 1.29 is 14.3 Å². The van der Waals surface area contributed by atoms with Crippen LogP contribution in [0.25, 0.3) is 0 Å². The number of allylic oxidation sites excluding steroid dienone is 1. The van der Waals surface area contributed by atoms with E-state index >= 15 is 0 Å². The molecular weight excluding hydrogens is 212 g/mol. The molecule has 11 heavy (non-hydrogen) atoms. The molecule has 0 amide bonds. The molecule has 0 aromatic carbocycles. The predicted molar refractivity (Wildman–Crippen MR) is 45.8 cm³/mol. The molecule has 0 aliphatic heterocycles. The highest BCUT2D eigenvalue weighted by molar-refractivity contribution is 9.09. The Hall–Kier alpha value is -0.350. The summed E-state index contributed by atoms with van der Waals surface area (Å²) in [6.07, 6.45) is 3.73. The van der Waals surface area contributed by atoms with Crippen LogP contribution < -0.4 is 0 Å². The second kappa shape index (κ2) is 7.75. The second-order valence-electron chi connectivity index (χ2n) is 1.72. The number of carbonyl (C=O) groups excluding carboxylic acids is 1. The summed E-state index contributed by atoms with van der Waals surface area (Å²) in [5.74, 6) is -0.350. The lowest BCUT2D eigenvalue weighted by molar-refractivity contribution is -0.145. The van der Waals surface area contributed by atoms with E-state index in [0.717, 1.165) is 5.33 Å². The fourth-order valence-corrected chi connectivity index (χ4v) is 0.665. The second-order valence-corrected chi connectivity index (χ2v) is 2.36. The van der Waals surface area contributed by atoms with Crippen molar-refractivity contribution in [1.29, 1.82) is 0 Å². The SMILES string of the molecule is COC(=O)COC/C=C/CBr. The molecule has 64 valence electrons. The van der Waals surface area contributed by atoms with Crippen molar-refractivity contribution in [2.75, 3.05) is 25.7 Å². The van der Waals surface area contributed by atoms with Gasteiger partial charge in [-0.2, -0.15) is 0 Å². The fourth-order valence-electron chi connectivity index (χ4n) is 0.400. The molecule has 0 aromatic rings. The summed E-state index contributed by atoms with van der Waals surface area (Å²) in [6.45, 7) is 0.462. The fraction of sp³-hybridized carbons (Fsp3) is 0.571. The van der Waals surface area contributed by atoms with Crippen LogP contribution in [0, 0.1) is 0 Å². The number of esters is 1. The summed E-state index contributed by atoms with van der Waals surface area (Å²) in [5, 5.41) is 0.800. The molecule has 0 saturated heterocycles. The van der Waals surface area contributed by atoms with Gasteiger partial charge in [0.25, 0.3) is 0 Å². The highest BCUT2D eigenvalue weighted by atomic mass is 79.9. The molecule has 0 aliphatic rings. The van der Waals surface area contributed by atoms with Gasteiger partial charge in [0.05, 0.1) is 13.7 Å². The Bertz CT molecular complexity index is 134. The standard InChI is InChI=1S/C7H11BrO3/c1-10-7(9)6-11-5-3-2-4-8/h2-3H,4-6H2,1H3/b3-2+. The van der Waals surface area contributed by atoms with Gasteiger partial charge >= 0.3 is 5.97 Å². The minimum Gasteiger partial charge on any atom is -0.467 e. The van der Waals surface area contributed by atoms with Crippen LogP contribution in [0.5, 0.6) is 0 Å². The lowest BCUT2D eigenvalue weighted by Crippen LogP contribution is -2.09. The monoisotopic (exact) mass is 222 g/mol. The van der Waals surface area contributed by atoms with Gasteiger partial charge in [0.1, 0.15) is 6.61 Å². The number of methoxy groups -OCH3 is 1. The number of rotatable bonds is 5. The van der Waals surface area contributed by atoms with Crippen LogP contribution in [0.1, 0.15) is 0 Å². The molecule has 3 nitrogen and oxygen atoms in total. The van der Waals surface area contributed by atoms with Crippen LogP contribution >= 0.6 is 15.9 Å².